The topological polar surface area (TPSA) is 38.1 Å². The second-order valence-electron chi connectivity index (χ2n) is 4.59. The van der Waals surface area contributed by atoms with E-state index in [0.29, 0.717) is 0 Å². The van der Waals surface area contributed by atoms with Gasteiger partial charge in [0.2, 0.25) is 0 Å². The predicted octanol–water partition coefficient (Wildman–Crippen LogP) is 3.17. The highest BCUT2D eigenvalue weighted by molar-refractivity contribution is 9.10. The lowest BCUT2D eigenvalue weighted by Gasteiger charge is -2.16. The van der Waals surface area contributed by atoms with Gasteiger partial charge < -0.3 is 5.11 Å². The molecule has 0 atom stereocenters. The predicted molar refractivity (Wildman–Crippen MR) is 71.2 cm³/mol. The van der Waals surface area contributed by atoms with Crippen LogP contribution in [0.2, 0.25) is 0 Å². The second-order valence-corrected chi connectivity index (χ2v) is 5.51. The molecule has 2 aromatic rings. The minimum atomic E-state index is -0.863. The molecule has 1 aromatic heterocycles. The van der Waals surface area contributed by atoms with E-state index in [1.54, 1.807) is 20.0 Å². The van der Waals surface area contributed by atoms with Gasteiger partial charge in [0.1, 0.15) is 0 Å². The largest absolute Gasteiger partial charge is 0.386 e. The van der Waals surface area contributed by atoms with Gasteiger partial charge in [0.15, 0.2) is 0 Å². The number of hydrogen-bond acceptors (Lipinski definition) is 2. The average molecular weight is 295 g/mol. The third-order valence-electron chi connectivity index (χ3n) is 2.74. The highest BCUT2D eigenvalue weighted by Crippen LogP contribution is 2.25. The van der Waals surface area contributed by atoms with Crippen LogP contribution in [0.4, 0.5) is 0 Å². The number of nitrogens with zero attached hydrogens (tertiary/aromatic N) is 2. The van der Waals surface area contributed by atoms with Crippen molar-refractivity contribution in [3.63, 3.8) is 0 Å². The van der Waals surface area contributed by atoms with Crippen LogP contribution in [-0.2, 0) is 5.60 Å². The van der Waals surface area contributed by atoms with Crippen molar-refractivity contribution < 1.29 is 5.11 Å². The van der Waals surface area contributed by atoms with Crippen molar-refractivity contribution in [2.24, 2.45) is 0 Å². The molecule has 0 spiro atoms. The highest BCUT2D eigenvalue weighted by atomic mass is 79.9. The molecule has 90 valence electrons. The van der Waals surface area contributed by atoms with Crippen molar-refractivity contribution in [2.45, 2.75) is 26.4 Å². The van der Waals surface area contributed by atoms with Crippen LogP contribution < -0.4 is 0 Å². The molecule has 1 heterocycles. The Kier molecular flexibility index (Phi) is 3.10. The van der Waals surface area contributed by atoms with Crippen molar-refractivity contribution in [1.29, 1.82) is 0 Å². The molecule has 0 unspecified atom stereocenters. The number of halogens is 1. The fourth-order valence-electron chi connectivity index (χ4n) is 1.85. The first kappa shape index (κ1) is 12.3. The summed E-state index contributed by atoms with van der Waals surface area (Å²) >= 11 is 3.40. The van der Waals surface area contributed by atoms with Gasteiger partial charge in [-0.15, -0.1) is 0 Å². The smallest absolute Gasteiger partial charge is 0.0873 e. The number of aromatic nitrogens is 2. The molecule has 0 saturated carbocycles. The second kappa shape index (κ2) is 4.27. The third kappa shape index (κ3) is 2.42. The number of hydrogen-bond donors (Lipinski definition) is 1. The van der Waals surface area contributed by atoms with Crippen LogP contribution in [0.5, 0.6) is 0 Å². The monoisotopic (exact) mass is 294 g/mol. The minimum absolute atomic E-state index is 0.848. The molecule has 0 radical (unpaired) electrons. The Morgan fingerprint density at radius 2 is 1.82 bits per heavy atom. The summed E-state index contributed by atoms with van der Waals surface area (Å²) in [5.74, 6) is 0. The van der Waals surface area contributed by atoms with Crippen molar-refractivity contribution in [3.05, 3.63) is 46.2 Å². The molecule has 0 aliphatic rings. The molecule has 1 aromatic carbocycles. The van der Waals surface area contributed by atoms with Crippen LogP contribution in [-0.4, -0.2) is 14.9 Å². The number of rotatable bonds is 2. The zero-order chi connectivity index (χ0) is 12.6. The minimum Gasteiger partial charge on any atom is -0.386 e. The standard InChI is InChI=1S/C13H15BrN2O/c1-9-12(13(2,3)17)8-15-16(9)11-6-4-10(14)5-7-11/h4-8,17H,1-3H3. The summed E-state index contributed by atoms with van der Waals surface area (Å²) in [6.07, 6.45) is 1.72. The van der Waals surface area contributed by atoms with E-state index in [2.05, 4.69) is 21.0 Å². The molecular weight excluding hydrogens is 280 g/mol. The Bertz CT molecular complexity index is 523. The lowest BCUT2D eigenvalue weighted by atomic mass is 10.00. The van der Waals surface area contributed by atoms with E-state index in [0.717, 1.165) is 21.4 Å². The van der Waals surface area contributed by atoms with Crippen molar-refractivity contribution in [3.8, 4) is 5.69 Å². The summed E-state index contributed by atoms with van der Waals surface area (Å²) in [5, 5.41) is 14.3. The van der Waals surface area contributed by atoms with Gasteiger partial charge in [-0.25, -0.2) is 4.68 Å². The lowest BCUT2D eigenvalue weighted by Crippen LogP contribution is -2.16. The van der Waals surface area contributed by atoms with Crippen LogP contribution >= 0.6 is 15.9 Å². The van der Waals surface area contributed by atoms with E-state index in [-0.39, 0.29) is 0 Å². The highest BCUT2D eigenvalue weighted by Gasteiger charge is 2.22. The fourth-order valence-corrected chi connectivity index (χ4v) is 2.12. The molecule has 0 aliphatic carbocycles. The maximum absolute atomic E-state index is 10.0. The maximum Gasteiger partial charge on any atom is 0.0873 e. The van der Waals surface area contributed by atoms with Crippen LogP contribution in [0.25, 0.3) is 5.69 Å². The summed E-state index contributed by atoms with van der Waals surface area (Å²) < 4.78 is 2.87. The van der Waals surface area contributed by atoms with E-state index in [9.17, 15) is 5.11 Å². The van der Waals surface area contributed by atoms with E-state index in [1.165, 1.54) is 0 Å². The molecule has 17 heavy (non-hydrogen) atoms. The van der Waals surface area contributed by atoms with Crippen LogP contribution in [0.3, 0.4) is 0 Å². The molecule has 0 fully saturated rings. The average Bonchev–Trinajstić information content (AvgIpc) is 2.61. The molecule has 0 saturated heterocycles. The molecule has 0 bridgehead atoms. The van der Waals surface area contributed by atoms with E-state index in [4.69, 9.17) is 0 Å². The van der Waals surface area contributed by atoms with E-state index in [1.807, 2.05) is 35.9 Å². The Morgan fingerprint density at radius 1 is 1.24 bits per heavy atom. The quantitative estimate of drug-likeness (QED) is 0.924. The van der Waals surface area contributed by atoms with Gasteiger partial charge in [-0.2, -0.15) is 5.10 Å². The van der Waals surface area contributed by atoms with Crippen molar-refractivity contribution in [2.75, 3.05) is 0 Å². The Hall–Kier alpha value is -1.13. The summed E-state index contributed by atoms with van der Waals surface area (Å²) in [7, 11) is 0. The SMILES string of the molecule is Cc1c(C(C)(C)O)cnn1-c1ccc(Br)cc1. The van der Waals surface area contributed by atoms with E-state index < -0.39 is 5.60 Å². The van der Waals surface area contributed by atoms with E-state index >= 15 is 0 Å². The zero-order valence-corrected chi connectivity index (χ0v) is 11.7. The molecule has 1 N–H and O–H groups in total. The Balaban J connectivity index is 2.48. The zero-order valence-electron chi connectivity index (χ0n) is 10.1. The van der Waals surface area contributed by atoms with Crippen LogP contribution in [0, 0.1) is 6.92 Å². The first-order valence-electron chi connectivity index (χ1n) is 5.43. The first-order valence-corrected chi connectivity index (χ1v) is 6.22. The molecule has 3 nitrogen and oxygen atoms in total. The van der Waals surface area contributed by atoms with Crippen LogP contribution in [0.15, 0.2) is 34.9 Å². The summed E-state index contributed by atoms with van der Waals surface area (Å²) in [4.78, 5) is 0. The number of benzene rings is 1. The molecule has 2 rings (SSSR count). The summed E-state index contributed by atoms with van der Waals surface area (Å²) in [6, 6.07) is 7.91. The maximum atomic E-state index is 10.0. The summed E-state index contributed by atoms with van der Waals surface area (Å²) in [6.45, 7) is 5.49. The lowest BCUT2D eigenvalue weighted by molar-refractivity contribution is 0.0779. The first-order chi connectivity index (χ1) is 7.89. The van der Waals surface area contributed by atoms with Gasteiger partial charge in [-0.3, -0.25) is 0 Å². The van der Waals surface area contributed by atoms with Gasteiger partial charge >= 0.3 is 0 Å². The van der Waals surface area contributed by atoms with Crippen molar-refractivity contribution in [1.82, 2.24) is 9.78 Å². The summed E-state index contributed by atoms with van der Waals surface area (Å²) in [5.41, 5.74) is 1.93. The van der Waals surface area contributed by atoms with Gasteiger partial charge in [-0.05, 0) is 45.0 Å². The number of aliphatic hydroxyl groups is 1. The normalized spacial score (nSPS) is 11.8. The molecular formula is C13H15BrN2O. The van der Waals surface area contributed by atoms with Gasteiger partial charge in [0, 0.05) is 15.7 Å². The molecule has 0 aliphatic heterocycles. The third-order valence-corrected chi connectivity index (χ3v) is 3.27. The van der Waals surface area contributed by atoms with Crippen molar-refractivity contribution >= 4 is 15.9 Å². The van der Waals surface area contributed by atoms with Crippen LogP contribution in [0.1, 0.15) is 25.1 Å². The Labute approximate surface area is 109 Å². The Morgan fingerprint density at radius 3 is 2.29 bits per heavy atom. The molecule has 4 heteroatoms. The van der Waals surface area contributed by atoms with Gasteiger partial charge in [-0.1, -0.05) is 15.9 Å². The van der Waals surface area contributed by atoms with Gasteiger partial charge in [0.05, 0.1) is 17.5 Å². The van der Waals surface area contributed by atoms with Gasteiger partial charge in [0.25, 0.3) is 0 Å². The molecule has 0 amide bonds. The fraction of sp³-hybridized carbons (Fsp3) is 0.308.